The molecule has 2 N–H and O–H groups in total. The summed E-state index contributed by atoms with van der Waals surface area (Å²) in [6.45, 7) is 12.3. The number of benzene rings is 1. The van der Waals surface area contributed by atoms with E-state index in [1.807, 2.05) is 38.2 Å². The van der Waals surface area contributed by atoms with E-state index >= 15 is 0 Å². The molecule has 1 amide bonds. The summed E-state index contributed by atoms with van der Waals surface area (Å²) in [6.07, 6.45) is 2.19. The fraction of sp³-hybridized carbons (Fsp3) is 0.722. The highest BCUT2D eigenvalue weighted by atomic mass is 16.8. The highest BCUT2D eigenvalue weighted by Crippen LogP contribution is 2.48. The van der Waals surface area contributed by atoms with Crippen LogP contribution in [0.25, 0.3) is 0 Å². The number of ether oxygens (including phenoxy) is 9. The molecule has 1 aromatic heterocycles. The van der Waals surface area contributed by atoms with Crippen molar-refractivity contribution < 1.29 is 52.2 Å². The van der Waals surface area contributed by atoms with Gasteiger partial charge in [-0.15, -0.1) is 5.10 Å². The lowest BCUT2D eigenvalue weighted by Gasteiger charge is -2.41. The number of nitrogens with one attached hydrogen (secondary N) is 2. The number of amides is 1. The third kappa shape index (κ3) is 12.3. The number of aromatic nitrogens is 3. The molecule has 52 heavy (non-hydrogen) atoms. The van der Waals surface area contributed by atoms with Gasteiger partial charge in [0.15, 0.2) is 17.9 Å². The molecule has 3 fully saturated rings. The van der Waals surface area contributed by atoms with Gasteiger partial charge in [-0.05, 0) is 26.8 Å². The van der Waals surface area contributed by atoms with Gasteiger partial charge in [0.25, 0.3) is 0 Å². The lowest BCUT2D eigenvalue weighted by molar-refractivity contribution is -0.222. The van der Waals surface area contributed by atoms with E-state index in [9.17, 15) is 9.59 Å². The van der Waals surface area contributed by atoms with Gasteiger partial charge in [0.1, 0.15) is 17.4 Å². The van der Waals surface area contributed by atoms with Crippen molar-refractivity contribution in [1.82, 2.24) is 25.6 Å². The smallest absolute Gasteiger partial charge is 0.220 e. The summed E-state index contributed by atoms with van der Waals surface area (Å²) in [6, 6.07) is 9.14. The Kier molecular flexibility index (Phi) is 15.9. The molecule has 0 unspecified atom stereocenters. The van der Waals surface area contributed by atoms with Crippen molar-refractivity contribution in [3.8, 4) is 0 Å². The molecule has 0 saturated carbocycles. The minimum Gasteiger partial charge on any atom is -0.377 e. The van der Waals surface area contributed by atoms with Gasteiger partial charge in [-0.1, -0.05) is 42.5 Å². The van der Waals surface area contributed by atoms with Gasteiger partial charge in [0, 0.05) is 24.4 Å². The Hall–Kier alpha value is -2.90. The van der Waals surface area contributed by atoms with Crippen LogP contribution in [0.2, 0.25) is 0 Å². The van der Waals surface area contributed by atoms with Crippen LogP contribution in [-0.4, -0.2) is 142 Å². The van der Waals surface area contributed by atoms with E-state index in [-0.39, 0.29) is 42.7 Å². The van der Waals surface area contributed by atoms with Gasteiger partial charge in [-0.3, -0.25) is 9.59 Å². The SMILES string of the molecule is C[C@H]1[C@H]2OC[C@](COCCOCCOCCOCCn3cc(COCCNC(=O)CCCNCC(=O)c4ccccc4)nn3)(O2)[C@@H]2OC(C)(C)O[C@H]12. The van der Waals surface area contributed by atoms with Crippen LogP contribution in [0.5, 0.6) is 0 Å². The lowest BCUT2D eigenvalue weighted by atomic mass is 9.86. The molecule has 2 aromatic rings. The van der Waals surface area contributed by atoms with Gasteiger partial charge in [0.05, 0.1) is 98.1 Å². The number of carbonyl (C=O) groups excluding carboxylic acids is 2. The maximum Gasteiger partial charge on any atom is 0.220 e. The Morgan fingerprint density at radius 1 is 0.904 bits per heavy atom. The maximum absolute atomic E-state index is 12.1. The normalized spacial score (nSPS) is 24.6. The Bertz CT molecular complexity index is 1370. The predicted molar refractivity (Wildman–Crippen MR) is 185 cm³/mol. The van der Waals surface area contributed by atoms with Crippen LogP contribution in [0, 0.1) is 5.92 Å². The predicted octanol–water partition coefficient (Wildman–Crippen LogP) is 1.51. The summed E-state index contributed by atoms with van der Waals surface area (Å²) < 4.78 is 54.5. The standard InChI is InChI=1S/C36H55N5O11/c1-27-32-33(51-35(2,3)50-32)36(26-49-34(27)52-36)25-48-21-20-46-19-18-45-17-16-44-15-13-41-23-29(39-40-41)24-47-14-12-38-31(43)10-7-11-37-22-30(42)28-8-5-4-6-9-28/h4-6,8-9,23,27,32-34,37H,7,10-22,24-26H2,1-3H3,(H,38,43)/t27-,32-,33-,34+,36+/m1/s1. The highest BCUT2D eigenvalue weighted by Gasteiger charge is 2.64. The molecule has 3 saturated heterocycles. The number of hydrogen-bond donors (Lipinski definition) is 2. The monoisotopic (exact) mass is 733 g/mol. The quantitative estimate of drug-likeness (QED) is 0.105. The molecule has 0 spiro atoms. The molecule has 3 aliphatic heterocycles. The third-order valence-corrected chi connectivity index (χ3v) is 8.91. The summed E-state index contributed by atoms with van der Waals surface area (Å²) in [5, 5.41) is 14.1. The van der Waals surface area contributed by atoms with Crippen LogP contribution in [0.1, 0.15) is 49.7 Å². The minimum absolute atomic E-state index is 0.0344. The number of nitrogens with zero attached hydrogens (tertiary/aromatic N) is 3. The van der Waals surface area contributed by atoms with Crippen LogP contribution in [-0.2, 0) is 60.6 Å². The zero-order chi connectivity index (χ0) is 36.7. The zero-order valence-electron chi connectivity index (χ0n) is 30.6. The fourth-order valence-electron chi connectivity index (χ4n) is 6.23. The van der Waals surface area contributed by atoms with Gasteiger partial charge >= 0.3 is 0 Å². The lowest BCUT2D eigenvalue weighted by Crippen LogP contribution is -2.59. The molecule has 290 valence electrons. The molecular weight excluding hydrogens is 678 g/mol. The average molecular weight is 734 g/mol. The van der Waals surface area contributed by atoms with Crippen molar-refractivity contribution >= 4 is 11.7 Å². The number of ketones is 1. The first-order chi connectivity index (χ1) is 25.2. The molecule has 16 nitrogen and oxygen atoms in total. The van der Waals surface area contributed by atoms with Crippen molar-refractivity contribution in [2.75, 3.05) is 85.7 Å². The number of carbonyl (C=O) groups is 2. The summed E-state index contributed by atoms with van der Waals surface area (Å²) in [4.78, 5) is 24.1. The third-order valence-electron chi connectivity index (χ3n) is 8.91. The Balaban J connectivity index is 0.781. The highest BCUT2D eigenvalue weighted by molar-refractivity contribution is 5.97. The maximum atomic E-state index is 12.1. The van der Waals surface area contributed by atoms with Gasteiger partial charge in [-0.2, -0.15) is 0 Å². The van der Waals surface area contributed by atoms with Crippen molar-refractivity contribution in [2.45, 2.75) is 76.7 Å². The molecule has 4 heterocycles. The van der Waals surface area contributed by atoms with Crippen LogP contribution < -0.4 is 10.6 Å². The molecule has 5 atom stereocenters. The summed E-state index contributed by atoms with van der Waals surface area (Å²) in [5.74, 6) is -0.590. The Morgan fingerprint density at radius 2 is 1.63 bits per heavy atom. The molecule has 1 aromatic carbocycles. The van der Waals surface area contributed by atoms with E-state index < -0.39 is 11.4 Å². The summed E-state index contributed by atoms with van der Waals surface area (Å²) in [7, 11) is 0. The van der Waals surface area contributed by atoms with Gasteiger partial charge < -0.3 is 53.3 Å². The van der Waals surface area contributed by atoms with Crippen molar-refractivity contribution in [1.29, 1.82) is 0 Å². The molecule has 0 aliphatic carbocycles. The van der Waals surface area contributed by atoms with Crippen LogP contribution >= 0.6 is 0 Å². The van der Waals surface area contributed by atoms with E-state index in [0.29, 0.717) is 116 Å². The average Bonchev–Trinajstić information content (AvgIpc) is 3.86. The number of hydrogen-bond acceptors (Lipinski definition) is 14. The van der Waals surface area contributed by atoms with Crippen molar-refractivity contribution in [3.05, 3.63) is 47.8 Å². The number of fused-ring (bicyclic) bond motifs is 4. The Morgan fingerprint density at radius 3 is 2.40 bits per heavy atom. The minimum atomic E-state index is -0.667. The zero-order valence-corrected chi connectivity index (χ0v) is 30.6. The largest absolute Gasteiger partial charge is 0.377 e. The second-order valence-electron chi connectivity index (χ2n) is 13.6. The topological polar surface area (TPSA) is 172 Å². The number of rotatable bonds is 26. The molecule has 16 heteroatoms. The van der Waals surface area contributed by atoms with Gasteiger partial charge in [-0.25, -0.2) is 4.68 Å². The molecule has 3 aliphatic rings. The van der Waals surface area contributed by atoms with Crippen LogP contribution in [0.4, 0.5) is 0 Å². The molecule has 2 bridgehead atoms. The second kappa shape index (κ2) is 20.5. The van der Waals surface area contributed by atoms with E-state index in [4.69, 9.17) is 42.6 Å². The van der Waals surface area contributed by atoms with E-state index in [1.54, 1.807) is 16.8 Å². The van der Waals surface area contributed by atoms with Crippen molar-refractivity contribution in [3.63, 3.8) is 0 Å². The summed E-state index contributed by atoms with van der Waals surface area (Å²) in [5.41, 5.74) is 0.709. The van der Waals surface area contributed by atoms with Gasteiger partial charge in [0.2, 0.25) is 5.91 Å². The fourth-order valence-corrected chi connectivity index (χ4v) is 6.23. The Labute approximate surface area is 305 Å². The first kappa shape index (κ1) is 40.3. The van der Waals surface area contributed by atoms with E-state index in [0.717, 1.165) is 0 Å². The number of Topliss-reactive ketones (excluding diaryl/α,β-unsaturated/α-hetero) is 1. The van der Waals surface area contributed by atoms with E-state index in [2.05, 4.69) is 27.9 Å². The van der Waals surface area contributed by atoms with Crippen LogP contribution in [0.15, 0.2) is 36.5 Å². The van der Waals surface area contributed by atoms with Crippen molar-refractivity contribution in [2.24, 2.45) is 5.92 Å². The second-order valence-corrected chi connectivity index (χ2v) is 13.6. The van der Waals surface area contributed by atoms with E-state index in [1.165, 1.54) is 0 Å². The first-order valence-corrected chi connectivity index (χ1v) is 18.2. The molecule has 5 rings (SSSR count). The first-order valence-electron chi connectivity index (χ1n) is 18.2. The summed E-state index contributed by atoms with van der Waals surface area (Å²) >= 11 is 0. The van der Waals surface area contributed by atoms with Crippen LogP contribution in [0.3, 0.4) is 0 Å². The molecule has 0 radical (unpaired) electrons. The molecular formula is C36H55N5O11.